The van der Waals surface area contributed by atoms with Crippen LogP contribution >= 0.6 is 0 Å². The molecule has 130 valence electrons. The third-order valence-electron chi connectivity index (χ3n) is 5.15. The third kappa shape index (κ3) is 3.75. The van der Waals surface area contributed by atoms with Gasteiger partial charge in [-0.25, -0.2) is 4.39 Å². The zero-order valence-electron chi connectivity index (χ0n) is 13.8. The van der Waals surface area contributed by atoms with Gasteiger partial charge in [0.05, 0.1) is 12.5 Å². The maximum atomic E-state index is 13.2. The number of halogens is 1. The van der Waals surface area contributed by atoms with E-state index < -0.39 is 0 Å². The number of benzene rings is 1. The largest absolute Gasteiger partial charge is 0.368 e. The highest BCUT2D eigenvalue weighted by Crippen LogP contribution is 2.26. The number of hydrogen-bond acceptors (Lipinski definition) is 3. The minimum atomic E-state index is -0.314. The molecule has 6 heteroatoms. The normalized spacial score (nSPS) is 22.7. The van der Waals surface area contributed by atoms with Crippen LogP contribution in [-0.4, -0.2) is 53.3 Å². The Morgan fingerprint density at radius 1 is 1.17 bits per heavy atom. The average molecular weight is 333 g/mol. The van der Waals surface area contributed by atoms with Gasteiger partial charge in [-0.15, -0.1) is 0 Å². The van der Waals surface area contributed by atoms with Gasteiger partial charge in [0.2, 0.25) is 11.8 Å². The summed E-state index contributed by atoms with van der Waals surface area (Å²) in [6, 6.07) is 6.36. The molecular formula is C18H24FN3O2. The Labute approximate surface area is 141 Å². The zero-order chi connectivity index (χ0) is 17.1. The molecule has 3 rings (SSSR count). The quantitative estimate of drug-likeness (QED) is 0.903. The Morgan fingerprint density at radius 3 is 2.58 bits per heavy atom. The van der Waals surface area contributed by atoms with Gasteiger partial charge in [-0.2, -0.15) is 0 Å². The van der Waals surface area contributed by atoms with Crippen molar-refractivity contribution in [1.82, 2.24) is 9.80 Å². The summed E-state index contributed by atoms with van der Waals surface area (Å²) >= 11 is 0. The summed E-state index contributed by atoms with van der Waals surface area (Å²) in [7, 11) is 0. The van der Waals surface area contributed by atoms with Crippen LogP contribution in [0.25, 0.3) is 0 Å². The van der Waals surface area contributed by atoms with E-state index in [0.29, 0.717) is 24.7 Å². The van der Waals surface area contributed by atoms with E-state index in [9.17, 15) is 14.0 Å². The number of nitrogens with zero attached hydrogens (tertiary/aromatic N) is 2. The molecular weight excluding hydrogens is 309 g/mol. The number of primary amides is 1. The Balaban J connectivity index is 1.53. The Morgan fingerprint density at radius 2 is 1.92 bits per heavy atom. The summed E-state index contributed by atoms with van der Waals surface area (Å²) in [6.07, 6.45) is 3.80. The number of piperidine rings is 1. The van der Waals surface area contributed by atoms with Crippen LogP contribution in [0.15, 0.2) is 24.3 Å². The van der Waals surface area contributed by atoms with Crippen molar-refractivity contribution >= 4 is 11.8 Å². The molecule has 2 heterocycles. The first kappa shape index (κ1) is 16.9. The third-order valence-corrected chi connectivity index (χ3v) is 5.15. The highest BCUT2D eigenvalue weighted by atomic mass is 19.1. The topological polar surface area (TPSA) is 66.6 Å². The Hall–Kier alpha value is -1.95. The number of carbonyl (C=O) groups is 2. The van der Waals surface area contributed by atoms with Gasteiger partial charge in [0, 0.05) is 19.1 Å². The van der Waals surface area contributed by atoms with Crippen LogP contribution < -0.4 is 5.73 Å². The fraction of sp³-hybridized carbons (Fsp3) is 0.556. The Bertz CT molecular complexity index is 614. The van der Waals surface area contributed by atoms with Gasteiger partial charge >= 0.3 is 0 Å². The smallest absolute Gasteiger partial charge is 0.234 e. The van der Waals surface area contributed by atoms with Crippen molar-refractivity contribution in [1.29, 1.82) is 0 Å². The number of amides is 2. The van der Waals surface area contributed by atoms with E-state index in [1.165, 1.54) is 12.1 Å². The highest BCUT2D eigenvalue weighted by molar-refractivity contribution is 5.80. The van der Waals surface area contributed by atoms with Crippen LogP contribution in [0.5, 0.6) is 0 Å². The van der Waals surface area contributed by atoms with Crippen LogP contribution in [0.1, 0.15) is 31.2 Å². The van der Waals surface area contributed by atoms with E-state index in [-0.39, 0.29) is 30.1 Å². The van der Waals surface area contributed by atoms with Gasteiger partial charge in [-0.05, 0) is 49.9 Å². The summed E-state index contributed by atoms with van der Waals surface area (Å²) in [4.78, 5) is 28.0. The monoisotopic (exact) mass is 333 g/mol. The van der Waals surface area contributed by atoms with Crippen LogP contribution in [0.3, 0.4) is 0 Å². The van der Waals surface area contributed by atoms with Gasteiger partial charge in [-0.1, -0.05) is 12.1 Å². The predicted molar refractivity (Wildman–Crippen MR) is 88.6 cm³/mol. The van der Waals surface area contributed by atoms with Crippen molar-refractivity contribution in [2.45, 2.75) is 44.2 Å². The molecule has 1 atom stereocenters. The minimum Gasteiger partial charge on any atom is -0.368 e. The molecule has 2 saturated heterocycles. The van der Waals surface area contributed by atoms with Crippen molar-refractivity contribution in [3.63, 3.8) is 0 Å². The zero-order valence-corrected chi connectivity index (χ0v) is 13.8. The number of likely N-dealkylation sites (tertiary alicyclic amines) is 2. The molecule has 24 heavy (non-hydrogen) atoms. The van der Waals surface area contributed by atoms with Crippen molar-refractivity contribution < 1.29 is 14.0 Å². The summed E-state index contributed by atoms with van der Waals surface area (Å²) in [5, 5.41) is 0. The van der Waals surface area contributed by atoms with Crippen molar-refractivity contribution in [2.75, 3.05) is 19.6 Å². The number of nitrogens with two attached hydrogens (primary N) is 1. The highest BCUT2D eigenvalue weighted by Gasteiger charge is 2.36. The van der Waals surface area contributed by atoms with E-state index >= 15 is 0 Å². The molecule has 1 unspecified atom stereocenters. The van der Waals surface area contributed by atoms with Crippen LogP contribution in [0.2, 0.25) is 0 Å². The standard InChI is InChI=1S/C18H24FN3O2/c19-14-4-1-3-13(11-14)12-17(23)21-9-6-15(7-10-21)22-8-2-5-16(22)18(20)24/h1,3-4,11,15-16H,2,5-10,12H2,(H2,20,24). The molecule has 0 aromatic heterocycles. The molecule has 0 spiro atoms. The predicted octanol–water partition coefficient (Wildman–Crippen LogP) is 1.31. The lowest BCUT2D eigenvalue weighted by Crippen LogP contribution is -2.51. The van der Waals surface area contributed by atoms with Gasteiger partial charge in [-0.3, -0.25) is 14.5 Å². The van der Waals surface area contributed by atoms with Crippen molar-refractivity contribution in [3.05, 3.63) is 35.6 Å². The lowest BCUT2D eigenvalue weighted by atomic mass is 10.0. The van der Waals surface area contributed by atoms with E-state index in [1.54, 1.807) is 12.1 Å². The molecule has 0 saturated carbocycles. The van der Waals surface area contributed by atoms with Crippen LogP contribution in [0.4, 0.5) is 4.39 Å². The lowest BCUT2D eigenvalue weighted by molar-refractivity contribution is -0.133. The van der Waals surface area contributed by atoms with Crippen molar-refractivity contribution in [3.8, 4) is 0 Å². The second-order valence-electron chi connectivity index (χ2n) is 6.72. The molecule has 2 amide bonds. The fourth-order valence-corrected chi connectivity index (χ4v) is 3.91. The summed E-state index contributed by atoms with van der Waals surface area (Å²) in [5.41, 5.74) is 6.20. The van der Waals surface area contributed by atoms with Gasteiger partial charge in [0.1, 0.15) is 5.82 Å². The summed E-state index contributed by atoms with van der Waals surface area (Å²) in [5.74, 6) is -0.519. The van der Waals surface area contributed by atoms with Gasteiger partial charge < -0.3 is 10.6 Å². The first-order chi connectivity index (χ1) is 11.5. The van der Waals surface area contributed by atoms with Crippen LogP contribution in [-0.2, 0) is 16.0 Å². The molecule has 0 radical (unpaired) electrons. The maximum absolute atomic E-state index is 13.2. The SMILES string of the molecule is NC(=O)C1CCCN1C1CCN(C(=O)Cc2cccc(F)c2)CC1. The molecule has 0 aliphatic carbocycles. The lowest BCUT2D eigenvalue weighted by Gasteiger charge is -2.38. The minimum absolute atomic E-state index is 0.0342. The van der Waals surface area contributed by atoms with Crippen LogP contribution in [0, 0.1) is 5.82 Å². The fourth-order valence-electron chi connectivity index (χ4n) is 3.91. The molecule has 1 aromatic rings. The van der Waals surface area contributed by atoms with Gasteiger partial charge in [0.25, 0.3) is 0 Å². The average Bonchev–Trinajstić information content (AvgIpc) is 3.05. The maximum Gasteiger partial charge on any atom is 0.234 e. The molecule has 2 aliphatic heterocycles. The second kappa shape index (κ2) is 7.30. The molecule has 5 nitrogen and oxygen atoms in total. The first-order valence-electron chi connectivity index (χ1n) is 8.62. The van der Waals surface area contributed by atoms with E-state index in [1.807, 2.05) is 4.90 Å². The van der Waals surface area contributed by atoms with E-state index in [4.69, 9.17) is 5.73 Å². The molecule has 1 aromatic carbocycles. The number of hydrogen-bond donors (Lipinski definition) is 1. The molecule has 0 bridgehead atoms. The molecule has 2 aliphatic rings. The summed E-state index contributed by atoms with van der Waals surface area (Å²) < 4.78 is 13.2. The van der Waals surface area contributed by atoms with E-state index in [0.717, 1.165) is 32.2 Å². The Kier molecular flexibility index (Phi) is 5.14. The molecule has 2 N–H and O–H groups in total. The van der Waals surface area contributed by atoms with Gasteiger partial charge in [0.15, 0.2) is 0 Å². The first-order valence-corrected chi connectivity index (χ1v) is 8.62. The number of carbonyl (C=O) groups excluding carboxylic acids is 2. The second-order valence-corrected chi connectivity index (χ2v) is 6.72. The van der Waals surface area contributed by atoms with E-state index in [2.05, 4.69) is 4.90 Å². The number of rotatable bonds is 4. The molecule has 2 fully saturated rings. The van der Waals surface area contributed by atoms with Crippen molar-refractivity contribution in [2.24, 2.45) is 5.73 Å². The summed E-state index contributed by atoms with van der Waals surface area (Å²) in [6.45, 7) is 2.27.